The molecule has 2 atom stereocenters. The van der Waals surface area contributed by atoms with Crippen LogP contribution in [0, 0.1) is 0 Å². The fourth-order valence-corrected chi connectivity index (χ4v) is 4.16. The average molecular weight is 420 g/mol. The number of nitrogens with two attached hydrogens (primary N) is 1. The predicted molar refractivity (Wildman–Crippen MR) is 120 cm³/mol. The quantitative estimate of drug-likeness (QED) is 0.672. The number of carbonyl (C=O) groups is 2. The molecule has 2 unspecified atom stereocenters. The molecule has 7 heteroatoms. The van der Waals surface area contributed by atoms with Gasteiger partial charge in [0.2, 0.25) is 5.91 Å². The summed E-state index contributed by atoms with van der Waals surface area (Å²) in [5.74, 6) is -1.48. The third-order valence-corrected chi connectivity index (χ3v) is 5.75. The van der Waals surface area contributed by atoms with Gasteiger partial charge in [0.15, 0.2) is 0 Å². The van der Waals surface area contributed by atoms with Gasteiger partial charge in [0.25, 0.3) is 0 Å². The summed E-state index contributed by atoms with van der Waals surface area (Å²) in [6.45, 7) is 3.96. The number of amides is 1. The molecule has 156 valence electrons. The van der Waals surface area contributed by atoms with Crippen molar-refractivity contribution in [1.29, 1.82) is 0 Å². The number of primary amides is 1. The summed E-state index contributed by atoms with van der Waals surface area (Å²) in [4.78, 5) is 25.9. The van der Waals surface area contributed by atoms with Crippen molar-refractivity contribution in [2.24, 2.45) is 5.73 Å². The van der Waals surface area contributed by atoms with E-state index in [1.165, 1.54) is 18.6 Å². The first-order valence-electron chi connectivity index (χ1n) is 9.98. The van der Waals surface area contributed by atoms with Crippen LogP contribution < -0.4 is 15.4 Å². The zero-order chi connectivity index (χ0) is 21.0. The number of benzene rings is 2. The fraction of sp³-hybridized carbons (Fsp3) is 0.391. The number of methoxy groups -OCH3 is 1. The Labute approximate surface area is 199 Å². The third-order valence-electron chi connectivity index (χ3n) is 5.75. The summed E-state index contributed by atoms with van der Waals surface area (Å²) in [5.41, 5.74) is 8.81. The molecule has 0 spiro atoms. The number of ether oxygens (including phenoxy) is 1. The Morgan fingerprint density at radius 1 is 1.07 bits per heavy atom. The molecule has 1 amide bonds. The summed E-state index contributed by atoms with van der Waals surface area (Å²) >= 11 is 0. The van der Waals surface area contributed by atoms with Gasteiger partial charge >= 0.3 is 35.5 Å². The van der Waals surface area contributed by atoms with Gasteiger partial charge in [-0.2, -0.15) is 0 Å². The van der Waals surface area contributed by atoms with Crippen LogP contribution >= 0.6 is 0 Å². The predicted octanol–water partition coefficient (Wildman–Crippen LogP) is 3.11. The molecule has 3 N–H and O–H groups in total. The summed E-state index contributed by atoms with van der Waals surface area (Å²) in [7, 11) is 1.63. The molecule has 2 aromatic rings. The Morgan fingerprint density at radius 3 is 2.23 bits per heavy atom. The van der Waals surface area contributed by atoms with E-state index in [1.54, 1.807) is 19.2 Å². The van der Waals surface area contributed by atoms with E-state index in [1.807, 2.05) is 19.1 Å². The monoisotopic (exact) mass is 420 g/mol. The number of carboxylic acids is 1. The van der Waals surface area contributed by atoms with Crippen molar-refractivity contribution < 1.29 is 19.4 Å². The second kappa shape index (κ2) is 10.8. The van der Waals surface area contributed by atoms with Crippen molar-refractivity contribution >= 4 is 47.1 Å². The molecule has 1 fully saturated rings. The summed E-state index contributed by atoms with van der Waals surface area (Å²) in [6.07, 6.45) is 3.53. The second-order valence-corrected chi connectivity index (χ2v) is 7.57. The summed E-state index contributed by atoms with van der Waals surface area (Å²) in [5, 5.41) is 9.14. The van der Waals surface area contributed by atoms with Crippen LogP contribution in [-0.4, -0.2) is 66.7 Å². The Bertz CT molecular complexity index is 879. The molecule has 0 bridgehead atoms. The standard InChI is InChI=1S/C23H28N2O4.Na.H/c1-15(21(22(24)26)16-6-8-17(9-7-16)23(27)28)19-14-18(29-2)10-11-20(19)25-12-4-3-5-13-25;;/h6-11,14-15,21H,3-5,12-13H2,1-2H3,(H2,24,26)(H,27,28);;. The van der Waals surface area contributed by atoms with Gasteiger partial charge in [0, 0.05) is 18.8 Å². The molecule has 1 aliphatic rings. The van der Waals surface area contributed by atoms with Gasteiger partial charge in [-0.3, -0.25) is 4.79 Å². The first-order valence-corrected chi connectivity index (χ1v) is 9.98. The average Bonchev–Trinajstić information content (AvgIpc) is 2.74. The van der Waals surface area contributed by atoms with Crippen LogP contribution in [0.5, 0.6) is 5.75 Å². The number of anilines is 1. The minimum absolute atomic E-state index is 0. The van der Waals surface area contributed by atoms with Gasteiger partial charge in [-0.25, -0.2) is 4.79 Å². The molecule has 1 heterocycles. The van der Waals surface area contributed by atoms with Gasteiger partial charge in [0.05, 0.1) is 18.6 Å². The molecule has 2 aromatic carbocycles. The third kappa shape index (κ3) is 5.36. The number of nitrogens with zero attached hydrogens (tertiary/aromatic N) is 1. The number of carboxylic acid groups (broad SMARTS) is 1. The SMILES string of the molecule is COc1ccc(N2CCCCC2)c(C(C)C(C(N)=O)c2ccc(C(=O)O)cc2)c1.[NaH]. The zero-order valence-corrected chi connectivity index (χ0v) is 16.9. The van der Waals surface area contributed by atoms with E-state index in [-0.39, 0.29) is 41.0 Å². The van der Waals surface area contributed by atoms with Crippen molar-refractivity contribution in [3.63, 3.8) is 0 Å². The van der Waals surface area contributed by atoms with Crippen molar-refractivity contribution in [2.75, 3.05) is 25.1 Å². The van der Waals surface area contributed by atoms with E-state index in [9.17, 15) is 9.59 Å². The molecule has 6 nitrogen and oxygen atoms in total. The fourth-order valence-electron chi connectivity index (χ4n) is 4.16. The van der Waals surface area contributed by atoms with Gasteiger partial charge in [0.1, 0.15) is 5.75 Å². The summed E-state index contributed by atoms with van der Waals surface area (Å²) in [6, 6.07) is 12.4. The van der Waals surface area contributed by atoms with Gasteiger partial charge < -0.3 is 20.5 Å². The van der Waals surface area contributed by atoms with Crippen molar-refractivity contribution in [3.8, 4) is 5.75 Å². The van der Waals surface area contributed by atoms with E-state index >= 15 is 0 Å². The van der Waals surface area contributed by atoms with Crippen LogP contribution in [0.15, 0.2) is 42.5 Å². The van der Waals surface area contributed by atoms with E-state index in [0.717, 1.165) is 42.9 Å². The first kappa shape index (κ1) is 24.3. The van der Waals surface area contributed by atoms with E-state index in [4.69, 9.17) is 15.6 Å². The van der Waals surface area contributed by atoms with Gasteiger partial charge in [-0.1, -0.05) is 19.1 Å². The van der Waals surface area contributed by atoms with E-state index in [2.05, 4.69) is 11.0 Å². The number of aromatic carboxylic acids is 1. The van der Waals surface area contributed by atoms with Crippen LogP contribution in [0.4, 0.5) is 5.69 Å². The first-order chi connectivity index (χ1) is 13.9. The molecular formula is C23H29N2NaO4. The van der Waals surface area contributed by atoms with Crippen LogP contribution in [0.3, 0.4) is 0 Å². The van der Waals surface area contributed by atoms with E-state index < -0.39 is 17.8 Å². The van der Waals surface area contributed by atoms with Gasteiger partial charge in [-0.05, 0) is 66.6 Å². The zero-order valence-electron chi connectivity index (χ0n) is 16.9. The van der Waals surface area contributed by atoms with Crippen LogP contribution in [0.2, 0.25) is 0 Å². The molecular weight excluding hydrogens is 391 g/mol. The topological polar surface area (TPSA) is 92.9 Å². The normalized spacial score (nSPS) is 15.6. The van der Waals surface area contributed by atoms with Crippen molar-refractivity contribution in [2.45, 2.75) is 38.0 Å². The number of rotatable bonds is 7. The molecule has 1 aliphatic heterocycles. The Kier molecular flexibility index (Phi) is 8.77. The maximum atomic E-state index is 12.4. The number of carbonyl (C=O) groups excluding carboxylic acids is 1. The molecule has 0 aliphatic carbocycles. The van der Waals surface area contributed by atoms with Crippen molar-refractivity contribution in [3.05, 3.63) is 59.2 Å². The minimum atomic E-state index is -1.000. The van der Waals surface area contributed by atoms with Crippen LogP contribution in [0.1, 0.15) is 59.5 Å². The second-order valence-electron chi connectivity index (χ2n) is 7.57. The van der Waals surface area contributed by atoms with Crippen LogP contribution in [-0.2, 0) is 4.79 Å². The number of hydrogen-bond acceptors (Lipinski definition) is 4. The molecule has 0 aromatic heterocycles. The Balaban J connectivity index is 0.00000320. The molecule has 3 rings (SSSR count). The molecule has 0 radical (unpaired) electrons. The van der Waals surface area contributed by atoms with Crippen LogP contribution in [0.25, 0.3) is 0 Å². The molecule has 0 saturated carbocycles. The molecule has 1 saturated heterocycles. The van der Waals surface area contributed by atoms with E-state index in [0.29, 0.717) is 5.56 Å². The maximum absolute atomic E-state index is 12.4. The van der Waals surface area contributed by atoms with Crippen molar-refractivity contribution in [1.82, 2.24) is 0 Å². The van der Waals surface area contributed by atoms with Gasteiger partial charge in [-0.15, -0.1) is 0 Å². The number of piperidine rings is 1. The Morgan fingerprint density at radius 2 is 1.70 bits per heavy atom. The summed E-state index contributed by atoms with van der Waals surface area (Å²) < 4.78 is 5.44. The Hall–Kier alpha value is -2.02. The molecule has 30 heavy (non-hydrogen) atoms. The number of hydrogen-bond donors (Lipinski definition) is 2.